The van der Waals surface area contributed by atoms with Crippen LogP contribution >= 0.6 is 11.8 Å². The third-order valence-electron chi connectivity index (χ3n) is 4.14. The van der Waals surface area contributed by atoms with Crippen molar-refractivity contribution in [1.29, 1.82) is 0 Å². The van der Waals surface area contributed by atoms with Gasteiger partial charge in [0.15, 0.2) is 10.8 Å². The van der Waals surface area contributed by atoms with Crippen LogP contribution in [0.15, 0.2) is 64.7 Å². The van der Waals surface area contributed by atoms with Crippen LogP contribution in [0.1, 0.15) is 11.1 Å². The Hall–Kier alpha value is -3.14. The summed E-state index contributed by atoms with van der Waals surface area (Å²) in [5.74, 6) is -0.0825. The molecule has 4 aromatic rings. The second kappa shape index (κ2) is 7.36. The van der Waals surface area contributed by atoms with Crippen molar-refractivity contribution in [2.24, 2.45) is 0 Å². The molecule has 0 fully saturated rings. The maximum Gasteiger partial charge on any atom is 0.416 e. The molecule has 5 nitrogen and oxygen atoms in total. The number of halogens is 4. The van der Waals surface area contributed by atoms with E-state index in [1.807, 2.05) is 0 Å². The number of nitrogens with zero attached hydrogens (tertiary/aromatic N) is 3. The van der Waals surface area contributed by atoms with Gasteiger partial charge in [-0.15, -0.1) is 0 Å². The lowest BCUT2D eigenvalue weighted by Crippen LogP contribution is -2.09. The monoisotopic (exact) mass is 420 g/mol. The number of aromatic nitrogens is 4. The fourth-order valence-electron chi connectivity index (χ4n) is 2.68. The normalized spacial score (nSPS) is 11.9. The van der Waals surface area contributed by atoms with Crippen molar-refractivity contribution in [3.05, 3.63) is 82.0 Å². The Morgan fingerprint density at radius 2 is 1.72 bits per heavy atom. The highest BCUT2D eigenvalue weighted by Gasteiger charge is 2.29. The van der Waals surface area contributed by atoms with E-state index in [4.69, 9.17) is 0 Å². The molecule has 0 amide bonds. The Bertz CT molecular complexity index is 1210. The predicted molar refractivity (Wildman–Crippen MR) is 100 cm³/mol. The van der Waals surface area contributed by atoms with Gasteiger partial charge in [0.1, 0.15) is 11.2 Å². The SMILES string of the molecule is O=c1[nH]c(SCc2ccc(C(F)(F)F)cc2)nc2c1cnn2-c1ccc(F)cc1. The summed E-state index contributed by atoms with van der Waals surface area (Å²) >= 11 is 1.18. The summed E-state index contributed by atoms with van der Waals surface area (Å²) < 4.78 is 52.5. The van der Waals surface area contributed by atoms with Crippen molar-refractivity contribution in [2.75, 3.05) is 0 Å². The number of benzene rings is 2. The van der Waals surface area contributed by atoms with Gasteiger partial charge >= 0.3 is 6.18 Å². The molecule has 0 radical (unpaired) electrons. The van der Waals surface area contributed by atoms with Crippen LogP contribution in [0.2, 0.25) is 0 Å². The molecule has 29 heavy (non-hydrogen) atoms. The van der Waals surface area contributed by atoms with E-state index in [1.165, 1.54) is 59.0 Å². The zero-order valence-corrected chi connectivity index (χ0v) is 15.4. The van der Waals surface area contributed by atoms with Gasteiger partial charge in [-0.05, 0) is 42.0 Å². The topological polar surface area (TPSA) is 63.6 Å². The first kappa shape index (κ1) is 19.2. The molecular formula is C19H12F4N4OS. The summed E-state index contributed by atoms with van der Waals surface area (Å²) in [7, 11) is 0. The van der Waals surface area contributed by atoms with Crippen LogP contribution in [0.5, 0.6) is 0 Å². The third-order valence-corrected chi connectivity index (χ3v) is 5.09. The van der Waals surface area contributed by atoms with E-state index < -0.39 is 23.1 Å². The zero-order valence-electron chi connectivity index (χ0n) is 14.6. The van der Waals surface area contributed by atoms with Crippen molar-refractivity contribution < 1.29 is 17.6 Å². The third kappa shape index (κ3) is 4.02. The van der Waals surface area contributed by atoms with Gasteiger partial charge in [0.05, 0.1) is 17.4 Å². The van der Waals surface area contributed by atoms with Crippen molar-refractivity contribution in [2.45, 2.75) is 17.1 Å². The highest BCUT2D eigenvalue weighted by molar-refractivity contribution is 7.98. The Kier molecular flexibility index (Phi) is 4.87. The van der Waals surface area contributed by atoms with Crippen LogP contribution in [0, 0.1) is 5.82 Å². The van der Waals surface area contributed by atoms with Crippen molar-refractivity contribution in [1.82, 2.24) is 19.7 Å². The lowest BCUT2D eigenvalue weighted by Gasteiger charge is -2.07. The average Bonchev–Trinajstić information content (AvgIpc) is 3.11. The second-order valence-corrected chi connectivity index (χ2v) is 7.09. The Balaban J connectivity index is 1.60. The Morgan fingerprint density at radius 3 is 2.38 bits per heavy atom. The first-order valence-electron chi connectivity index (χ1n) is 8.34. The quantitative estimate of drug-likeness (QED) is 0.299. The fraction of sp³-hybridized carbons (Fsp3) is 0.105. The molecule has 4 rings (SSSR count). The van der Waals surface area contributed by atoms with Gasteiger partial charge in [0, 0.05) is 5.75 Å². The van der Waals surface area contributed by atoms with Gasteiger partial charge in [0.2, 0.25) is 0 Å². The van der Waals surface area contributed by atoms with E-state index in [9.17, 15) is 22.4 Å². The predicted octanol–water partition coefficient (Wildman–Crippen LogP) is 4.56. The highest BCUT2D eigenvalue weighted by Crippen LogP contribution is 2.30. The van der Waals surface area contributed by atoms with E-state index >= 15 is 0 Å². The highest BCUT2D eigenvalue weighted by atomic mass is 32.2. The number of aromatic amines is 1. The first-order valence-corrected chi connectivity index (χ1v) is 9.33. The standard InChI is InChI=1S/C19H12F4N4OS/c20-13-5-7-14(8-6-13)27-16-15(9-24-27)17(28)26-18(25-16)29-10-11-1-3-12(4-2-11)19(21,22)23/h1-9H,10H2,(H,25,26,28). The molecule has 1 N–H and O–H groups in total. The molecule has 0 saturated heterocycles. The van der Waals surface area contributed by atoms with Gasteiger partial charge in [0.25, 0.3) is 5.56 Å². The minimum absolute atomic E-state index is 0.271. The maximum absolute atomic E-state index is 13.2. The van der Waals surface area contributed by atoms with E-state index in [0.717, 1.165) is 12.1 Å². The van der Waals surface area contributed by atoms with Crippen LogP contribution in [0.3, 0.4) is 0 Å². The molecular weight excluding hydrogens is 408 g/mol. The molecule has 0 aliphatic heterocycles. The summed E-state index contributed by atoms with van der Waals surface area (Å²) in [6.07, 6.45) is -3.02. The Morgan fingerprint density at radius 1 is 1.03 bits per heavy atom. The summed E-state index contributed by atoms with van der Waals surface area (Å²) in [4.78, 5) is 19.4. The number of alkyl halides is 3. The van der Waals surface area contributed by atoms with E-state index in [-0.39, 0.29) is 5.39 Å². The number of thioether (sulfide) groups is 1. The van der Waals surface area contributed by atoms with Crippen LogP contribution < -0.4 is 5.56 Å². The molecule has 0 bridgehead atoms. The molecule has 0 atom stereocenters. The molecule has 2 heterocycles. The van der Waals surface area contributed by atoms with Gasteiger partial charge in [-0.2, -0.15) is 18.3 Å². The fourth-order valence-corrected chi connectivity index (χ4v) is 3.49. The summed E-state index contributed by atoms with van der Waals surface area (Å²) in [6.45, 7) is 0. The van der Waals surface area contributed by atoms with E-state index in [0.29, 0.717) is 27.8 Å². The van der Waals surface area contributed by atoms with Crippen molar-refractivity contribution in [3.8, 4) is 5.69 Å². The lowest BCUT2D eigenvalue weighted by molar-refractivity contribution is -0.137. The molecule has 0 saturated carbocycles. The molecule has 2 aromatic heterocycles. The molecule has 148 valence electrons. The Labute approximate surface area is 165 Å². The summed E-state index contributed by atoms with van der Waals surface area (Å²) in [5, 5.41) is 4.71. The molecule has 0 aliphatic carbocycles. The first-order chi connectivity index (χ1) is 13.8. The zero-order chi connectivity index (χ0) is 20.6. The number of nitrogens with one attached hydrogen (secondary N) is 1. The van der Waals surface area contributed by atoms with E-state index in [1.54, 1.807) is 0 Å². The summed E-state index contributed by atoms with van der Waals surface area (Å²) in [5.41, 5.74) is 0.381. The van der Waals surface area contributed by atoms with Crippen LogP contribution in [0.25, 0.3) is 16.7 Å². The second-order valence-electron chi connectivity index (χ2n) is 6.12. The number of hydrogen-bond donors (Lipinski definition) is 1. The van der Waals surface area contributed by atoms with Crippen LogP contribution in [-0.2, 0) is 11.9 Å². The number of H-pyrrole nitrogens is 1. The number of fused-ring (bicyclic) bond motifs is 1. The largest absolute Gasteiger partial charge is 0.416 e. The molecule has 0 aliphatic rings. The maximum atomic E-state index is 13.2. The number of rotatable bonds is 4. The van der Waals surface area contributed by atoms with Crippen molar-refractivity contribution in [3.63, 3.8) is 0 Å². The van der Waals surface area contributed by atoms with Gasteiger partial charge in [-0.1, -0.05) is 23.9 Å². The molecule has 10 heteroatoms. The summed E-state index contributed by atoms with van der Waals surface area (Å²) in [6, 6.07) is 10.4. The van der Waals surface area contributed by atoms with E-state index in [2.05, 4.69) is 15.1 Å². The lowest BCUT2D eigenvalue weighted by atomic mass is 10.1. The minimum Gasteiger partial charge on any atom is -0.301 e. The van der Waals surface area contributed by atoms with Crippen LogP contribution in [0.4, 0.5) is 17.6 Å². The molecule has 0 spiro atoms. The smallest absolute Gasteiger partial charge is 0.301 e. The molecule has 2 aromatic carbocycles. The minimum atomic E-state index is -4.39. The van der Waals surface area contributed by atoms with Crippen LogP contribution in [-0.4, -0.2) is 19.7 Å². The molecule has 0 unspecified atom stereocenters. The van der Waals surface area contributed by atoms with Crippen molar-refractivity contribution >= 4 is 22.8 Å². The average molecular weight is 420 g/mol. The van der Waals surface area contributed by atoms with Gasteiger partial charge in [-0.3, -0.25) is 4.79 Å². The number of hydrogen-bond acceptors (Lipinski definition) is 4. The van der Waals surface area contributed by atoms with Gasteiger partial charge < -0.3 is 4.98 Å². The van der Waals surface area contributed by atoms with Gasteiger partial charge in [-0.25, -0.2) is 14.1 Å².